The standard InChI is InChI=1S/C10H17N5/c1-7-13-8(2)15(14-7)6-10(3-4-10)5-9(11)12/h3-6H2,1-2H3,(H3,11,12). The van der Waals surface area contributed by atoms with Crippen molar-refractivity contribution in [1.82, 2.24) is 14.8 Å². The Hall–Kier alpha value is -1.39. The van der Waals surface area contributed by atoms with Gasteiger partial charge in [0.15, 0.2) is 0 Å². The fourth-order valence-corrected chi connectivity index (χ4v) is 2.00. The van der Waals surface area contributed by atoms with E-state index in [0.717, 1.165) is 31.0 Å². The fraction of sp³-hybridized carbons (Fsp3) is 0.700. The highest BCUT2D eigenvalue weighted by molar-refractivity contribution is 5.78. The molecule has 1 aromatic heterocycles. The maximum atomic E-state index is 7.35. The van der Waals surface area contributed by atoms with E-state index in [0.29, 0.717) is 6.42 Å². The number of nitrogens with one attached hydrogen (secondary N) is 1. The second-order valence-electron chi connectivity index (χ2n) is 4.57. The number of aromatic nitrogens is 3. The van der Waals surface area contributed by atoms with Crippen LogP contribution >= 0.6 is 0 Å². The summed E-state index contributed by atoms with van der Waals surface area (Å²) >= 11 is 0. The quantitative estimate of drug-likeness (QED) is 0.571. The van der Waals surface area contributed by atoms with Crippen molar-refractivity contribution in [2.45, 2.75) is 39.7 Å². The number of nitrogens with zero attached hydrogens (tertiary/aromatic N) is 3. The lowest BCUT2D eigenvalue weighted by Gasteiger charge is -2.14. The molecule has 0 radical (unpaired) electrons. The molecular weight excluding hydrogens is 190 g/mol. The summed E-state index contributed by atoms with van der Waals surface area (Å²) in [6.45, 7) is 4.71. The van der Waals surface area contributed by atoms with Crippen LogP contribution in [0.5, 0.6) is 0 Å². The van der Waals surface area contributed by atoms with Gasteiger partial charge in [0.25, 0.3) is 0 Å². The molecule has 1 fully saturated rings. The minimum Gasteiger partial charge on any atom is -0.388 e. The molecule has 0 aliphatic heterocycles. The minimum atomic E-state index is 0.191. The van der Waals surface area contributed by atoms with Gasteiger partial charge in [-0.2, -0.15) is 5.10 Å². The van der Waals surface area contributed by atoms with Crippen LogP contribution in [0.4, 0.5) is 0 Å². The first-order chi connectivity index (χ1) is 7.01. The van der Waals surface area contributed by atoms with Crippen LogP contribution in [0.1, 0.15) is 30.9 Å². The summed E-state index contributed by atoms with van der Waals surface area (Å²) in [7, 11) is 0. The third kappa shape index (κ3) is 2.16. The van der Waals surface area contributed by atoms with Gasteiger partial charge in [-0.1, -0.05) is 0 Å². The first-order valence-electron chi connectivity index (χ1n) is 5.22. The summed E-state index contributed by atoms with van der Waals surface area (Å²) in [5.41, 5.74) is 5.64. The van der Waals surface area contributed by atoms with Crippen LogP contribution in [0.3, 0.4) is 0 Å². The molecule has 0 bridgehead atoms. The topological polar surface area (TPSA) is 80.6 Å². The Bertz CT molecular complexity index is 389. The van der Waals surface area contributed by atoms with Crippen LogP contribution < -0.4 is 5.73 Å². The summed E-state index contributed by atoms with van der Waals surface area (Å²) in [4.78, 5) is 4.27. The van der Waals surface area contributed by atoms with Crippen molar-refractivity contribution in [3.05, 3.63) is 11.6 Å². The van der Waals surface area contributed by atoms with Gasteiger partial charge >= 0.3 is 0 Å². The summed E-state index contributed by atoms with van der Waals surface area (Å²) in [6.07, 6.45) is 2.97. The highest BCUT2D eigenvalue weighted by Gasteiger charge is 2.43. The molecule has 0 amide bonds. The number of hydrogen-bond acceptors (Lipinski definition) is 3. The first kappa shape index (κ1) is 10.1. The van der Waals surface area contributed by atoms with Gasteiger partial charge in [-0.3, -0.25) is 5.41 Å². The third-order valence-corrected chi connectivity index (χ3v) is 2.97. The van der Waals surface area contributed by atoms with E-state index in [-0.39, 0.29) is 11.3 Å². The van der Waals surface area contributed by atoms with Crippen LogP contribution in [0.15, 0.2) is 0 Å². The first-order valence-corrected chi connectivity index (χ1v) is 5.22. The molecule has 5 heteroatoms. The van der Waals surface area contributed by atoms with E-state index in [9.17, 15) is 0 Å². The molecule has 2 rings (SSSR count). The lowest BCUT2D eigenvalue weighted by Crippen LogP contribution is -2.21. The van der Waals surface area contributed by atoms with Crippen LogP contribution in [0.2, 0.25) is 0 Å². The molecule has 15 heavy (non-hydrogen) atoms. The molecule has 5 nitrogen and oxygen atoms in total. The Labute approximate surface area is 89.2 Å². The summed E-state index contributed by atoms with van der Waals surface area (Å²) in [5, 5.41) is 11.7. The predicted molar refractivity (Wildman–Crippen MR) is 57.7 cm³/mol. The average Bonchev–Trinajstić information content (AvgIpc) is 2.74. The monoisotopic (exact) mass is 207 g/mol. The molecule has 1 saturated carbocycles. The SMILES string of the molecule is Cc1nc(C)n(CC2(CC(=N)N)CC2)n1. The summed E-state index contributed by atoms with van der Waals surface area (Å²) in [5.74, 6) is 2.04. The third-order valence-electron chi connectivity index (χ3n) is 2.97. The molecule has 0 unspecified atom stereocenters. The number of nitrogens with two attached hydrogens (primary N) is 1. The molecule has 3 N–H and O–H groups in total. The van der Waals surface area contributed by atoms with Gasteiger partial charge in [-0.05, 0) is 32.1 Å². The lowest BCUT2D eigenvalue weighted by atomic mass is 10.0. The van der Waals surface area contributed by atoms with Crippen molar-refractivity contribution >= 4 is 5.84 Å². The Morgan fingerprint density at radius 3 is 2.60 bits per heavy atom. The Kier molecular flexibility index (Phi) is 2.25. The molecule has 0 spiro atoms. The number of rotatable bonds is 4. The van der Waals surface area contributed by atoms with E-state index in [1.807, 2.05) is 18.5 Å². The number of aryl methyl sites for hydroxylation is 2. The Balaban J connectivity index is 2.08. The maximum Gasteiger partial charge on any atom is 0.147 e. The van der Waals surface area contributed by atoms with Crippen molar-refractivity contribution in [1.29, 1.82) is 5.41 Å². The van der Waals surface area contributed by atoms with Crippen LogP contribution in [0.25, 0.3) is 0 Å². The molecular formula is C10H17N5. The van der Waals surface area contributed by atoms with Gasteiger partial charge < -0.3 is 5.73 Å². The zero-order chi connectivity index (χ0) is 11.1. The largest absolute Gasteiger partial charge is 0.388 e. The van der Waals surface area contributed by atoms with E-state index in [1.54, 1.807) is 0 Å². The molecule has 0 atom stereocenters. The molecule has 1 aromatic rings. The minimum absolute atomic E-state index is 0.191. The van der Waals surface area contributed by atoms with Gasteiger partial charge in [0.2, 0.25) is 0 Å². The van der Waals surface area contributed by atoms with Crippen LogP contribution in [-0.2, 0) is 6.54 Å². The molecule has 0 saturated heterocycles. The van der Waals surface area contributed by atoms with Gasteiger partial charge in [0.1, 0.15) is 11.6 Å². The van der Waals surface area contributed by atoms with Gasteiger partial charge in [0, 0.05) is 13.0 Å². The second-order valence-corrected chi connectivity index (χ2v) is 4.57. The molecule has 1 aliphatic rings. The van der Waals surface area contributed by atoms with Crippen molar-refractivity contribution in [2.24, 2.45) is 11.1 Å². The average molecular weight is 207 g/mol. The Morgan fingerprint density at radius 1 is 1.53 bits per heavy atom. The van der Waals surface area contributed by atoms with E-state index in [1.165, 1.54) is 0 Å². The van der Waals surface area contributed by atoms with Crippen LogP contribution in [-0.4, -0.2) is 20.6 Å². The fourth-order valence-electron chi connectivity index (χ4n) is 2.00. The zero-order valence-electron chi connectivity index (χ0n) is 9.25. The Morgan fingerprint density at radius 2 is 2.20 bits per heavy atom. The summed E-state index contributed by atoms with van der Waals surface area (Å²) < 4.78 is 1.94. The molecule has 82 valence electrons. The van der Waals surface area contributed by atoms with Gasteiger partial charge in [-0.15, -0.1) is 0 Å². The van der Waals surface area contributed by atoms with Crippen molar-refractivity contribution < 1.29 is 0 Å². The molecule has 0 aromatic carbocycles. The smallest absolute Gasteiger partial charge is 0.147 e. The van der Waals surface area contributed by atoms with E-state index in [4.69, 9.17) is 11.1 Å². The second kappa shape index (κ2) is 3.32. The van der Waals surface area contributed by atoms with Crippen molar-refractivity contribution in [2.75, 3.05) is 0 Å². The number of amidine groups is 1. The van der Waals surface area contributed by atoms with Crippen molar-refractivity contribution in [3.8, 4) is 0 Å². The maximum absolute atomic E-state index is 7.35. The van der Waals surface area contributed by atoms with E-state index >= 15 is 0 Å². The summed E-state index contributed by atoms with van der Waals surface area (Å²) in [6, 6.07) is 0. The van der Waals surface area contributed by atoms with E-state index < -0.39 is 0 Å². The van der Waals surface area contributed by atoms with Gasteiger partial charge in [0.05, 0.1) is 5.84 Å². The highest BCUT2D eigenvalue weighted by Crippen LogP contribution is 2.50. The van der Waals surface area contributed by atoms with Gasteiger partial charge in [-0.25, -0.2) is 9.67 Å². The highest BCUT2D eigenvalue weighted by atomic mass is 15.3. The number of hydrogen-bond donors (Lipinski definition) is 2. The normalized spacial score (nSPS) is 17.7. The molecule has 1 aliphatic carbocycles. The molecule has 1 heterocycles. The predicted octanol–water partition coefficient (Wildman–Crippen LogP) is 1.00. The zero-order valence-corrected chi connectivity index (χ0v) is 9.25. The van der Waals surface area contributed by atoms with Crippen molar-refractivity contribution in [3.63, 3.8) is 0 Å². The van der Waals surface area contributed by atoms with E-state index in [2.05, 4.69) is 10.1 Å². The lowest BCUT2D eigenvalue weighted by molar-refractivity contribution is 0.401. The van der Waals surface area contributed by atoms with Crippen LogP contribution in [0, 0.1) is 24.7 Å².